The Labute approximate surface area is 98.3 Å². The van der Waals surface area contributed by atoms with Crippen LogP contribution in [0.25, 0.3) is 0 Å². The van der Waals surface area contributed by atoms with Crippen molar-refractivity contribution in [2.75, 3.05) is 18.5 Å². The minimum Gasteiger partial charge on any atom is -0.394 e. The average molecular weight is 241 g/mol. The fourth-order valence-corrected chi connectivity index (χ4v) is 1.29. The van der Waals surface area contributed by atoms with Crippen molar-refractivity contribution in [2.24, 2.45) is 0 Å². The molecule has 0 amide bonds. The molecule has 1 aromatic rings. The maximum absolute atomic E-state index is 10.9. The Kier molecular flexibility index (Phi) is 3.97. The van der Waals surface area contributed by atoms with Crippen LogP contribution in [0.3, 0.4) is 0 Å². The van der Waals surface area contributed by atoms with E-state index >= 15 is 0 Å². The number of nitrogens with zero attached hydrogens (tertiary/aromatic N) is 2. The van der Waals surface area contributed by atoms with E-state index in [4.69, 9.17) is 10.2 Å². The van der Waals surface area contributed by atoms with Crippen LogP contribution in [0.15, 0.2) is 12.3 Å². The number of nitrogens with one attached hydrogen (secondary N) is 1. The summed E-state index contributed by atoms with van der Waals surface area (Å²) in [6.07, 6.45) is 1.43. The average Bonchev–Trinajstić information content (AvgIpc) is 2.28. The summed E-state index contributed by atoms with van der Waals surface area (Å²) in [7, 11) is 0. The Morgan fingerprint density at radius 2 is 2.12 bits per heavy atom. The number of hydrogen-bond donors (Lipinski definition) is 3. The van der Waals surface area contributed by atoms with Crippen LogP contribution in [0.2, 0.25) is 0 Å². The SMILES string of the molecule is Cc1ccnc(NC(C)(CO)CO)c1[N+](=O)[O-]. The molecule has 17 heavy (non-hydrogen) atoms. The van der Waals surface area contributed by atoms with Crippen molar-refractivity contribution < 1.29 is 15.1 Å². The molecule has 0 aliphatic heterocycles. The number of anilines is 1. The van der Waals surface area contributed by atoms with Gasteiger partial charge in [0.15, 0.2) is 0 Å². The van der Waals surface area contributed by atoms with Crippen LogP contribution >= 0.6 is 0 Å². The van der Waals surface area contributed by atoms with Gasteiger partial charge in [0, 0.05) is 11.8 Å². The van der Waals surface area contributed by atoms with Crippen LogP contribution in [0, 0.1) is 17.0 Å². The number of hydrogen-bond acceptors (Lipinski definition) is 6. The lowest BCUT2D eigenvalue weighted by molar-refractivity contribution is -0.384. The molecule has 0 bridgehead atoms. The first-order chi connectivity index (χ1) is 7.93. The molecule has 7 heteroatoms. The minimum atomic E-state index is -1.05. The van der Waals surface area contributed by atoms with Crippen LogP contribution in [-0.4, -0.2) is 38.9 Å². The van der Waals surface area contributed by atoms with E-state index in [-0.39, 0.29) is 24.7 Å². The lowest BCUT2D eigenvalue weighted by atomic mass is 10.1. The van der Waals surface area contributed by atoms with Crippen LogP contribution in [0.1, 0.15) is 12.5 Å². The number of nitro groups is 1. The Morgan fingerprint density at radius 3 is 2.59 bits per heavy atom. The number of rotatable bonds is 5. The Bertz CT molecular complexity index is 418. The molecule has 0 saturated carbocycles. The van der Waals surface area contributed by atoms with Gasteiger partial charge in [-0.25, -0.2) is 4.98 Å². The van der Waals surface area contributed by atoms with E-state index in [9.17, 15) is 10.1 Å². The predicted molar refractivity (Wildman–Crippen MR) is 61.8 cm³/mol. The molecule has 1 aromatic heterocycles. The first-order valence-electron chi connectivity index (χ1n) is 5.03. The van der Waals surface area contributed by atoms with Crippen LogP contribution in [0.4, 0.5) is 11.5 Å². The third-order valence-corrected chi connectivity index (χ3v) is 2.43. The third-order valence-electron chi connectivity index (χ3n) is 2.43. The van der Waals surface area contributed by atoms with Gasteiger partial charge in [-0.1, -0.05) is 0 Å². The minimum absolute atomic E-state index is 0.0422. The van der Waals surface area contributed by atoms with Crippen LogP contribution < -0.4 is 5.32 Å². The summed E-state index contributed by atoms with van der Waals surface area (Å²) < 4.78 is 0. The highest BCUT2D eigenvalue weighted by Crippen LogP contribution is 2.27. The van der Waals surface area contributed by atoms with Gasteiger partial charge in [-0.3, -0.25) is 10.1 Å². The van der Waals surface area contributed by atoms with Gasteiger partial charge in [0.25, 0.3) is 0 Å². The summed E-state index contributed by atoms with van der Waals surface area (Å²) in [5, 5.41) is 31.8. The van der Waals surface area contributed by atoms with E-state index in [1.807, 2.05) is 0 Å². The summed E-state index contributed by atoms with van der Waals surface area (Å²) in [5.41, 5.74) is -0.739. The molecule has 0 aliphatic rings. The largest absolute Gasteiger partial charge is 0.394 e. The number of aliphatic hydroxyl groups is 2. The number of aliphatic hydroxyl groups excluding tert-OH is 2. The topological polar surface area (TPSA) is 109 Å². The van der Waals surface area contributed by atoms with Crippen molar-refractivity contribution in [1.29, 1.82) is 0 Å². The number of aromatic nitrogens is 1. The predicted octanol–water partition coefficient (Wildman–Crippen LogP) is 0.453. The maximum Gasteiger partial charge on any atom is 0.314 e. The van der Waals surface area contributed by atoms with E-state index in [2.05, 4.69) is 10.3 Å². The normalized spacial score (nSPS) is 11.3. The molecule has 94 valence electrons. The molecule has 1 heterocycles. The van der Waals surface area contributed by atoms with Crippen molar-refractivity contribution >= 4 is 11.5 Å². The highest BCUT2D eigenvalue weighted by molar-refractivity contribution is 5.60. The van der Waals surface area contributed by atoms with E-state index in [0.717, 1.165) is 0 Å². The van der Waals surface area contributed by atoms with Crippen LogP contribution in [0.5, 0.6) is 0 Å². The van der Waals surface area contributed by atoms with Crippen molar-refractivity contribution in [3.63, 3.8) is 0 Å². The fraction of sp³-hybridized carbons (Fsp3) is 0.500. The van der Waals surface area contributed by atoms with Gasteiger partial charge in [-0.15, -0.1) is 0 Å². The standard InChI is InChI=1S/C10H15N3O4/c1-7-3-4-11-9(8(7)13(16)17)12-10(2,5-14)6-15/h3-4,14-15H,5-6H2,1-2H3,(H,11,12). The molecule has 0 atom stereocenters. The van der Waals surface area contributed by atoms with Crippen molar-refractivity contribution in [1.82, 2.24) is 4.98 Å². The van der Waals surface area contributed by atoms with Crippen molar-refractivity contribution in [3.05, 3.63) is 27.9 Å². The summed E-state index contributed by atoms with van der Waals surface area (Å²) in [5.74, 6) is 0.0422. The smallest absolute Gasteiger partial charge is 0.314 e. The Hall–Kier alpha value is -1.73. The molecule has 0 aliphatic carbocycles. The molecular formula is C10H15N3O4. The molecule has 3 N–H and O–H groups in total. The summed E-state index contributed by atoms with van der Waals surface area (Å²) >= 11 is 0. The van der Waals surface area contributed by atoms with Gasteiger partial charge in [0.2, 0.25) is 5.82 Å². The third kappa shape index (κ3) is 2.89. The van der Waals surface area contributed by atoms with E-state index < -0.39 is 10.5 Å². The van der Waals surface area contributed by atoms with Gasteiger partial charge < -0.3 is 15.5 Å². The molecular weight excluding hydrogens is 226 g/mol. The summed E-state index contributed by atoms with van der Waals surface area (Å²) in [4.78, 5) is 14.2. The van der Waals surface area contributed by atoms with E-state index in [1.54, 1.807) is 13.8 Å². The highest BCUT2D eigenvalue weighted by Gasteiger charge is 2.27. The first kappa shape index (κ1) is 13.3. The summed E-state index contributed by atoms with van der Waals surface area (Å²) in [6, 6.07) is 1.53. The second kappa shape index (κ2) is 5.07. The number of aryl methyl sites for hydroxylation is 1. The Morgan fingerprint density at radius 1 is 1.53 bits per heavy atom. The molecule has 0 spiro atoms. The first-order valence-corrected chi connectivity index (χ1v) is 5.03. The van der Waals surface area contributed by atoms with Crippen molar-refractivity contribution in [3.8, 4) is 0 Å². The molecule has 1 rings (SSSR count). The van der Waals surface area contributed by atoms with Gasteiger partial charge in [0.1, 0.15) is 0 Å². The van der Waals surface area contributed by atoms with Crippen molar-refractivity contribution in [2.45, 2.75) is 19.4 Å². The van der Waals surface area contributed by atoms with Crippen LogP contribution in [-0.2, 0) is 0 Å². The summed E-state index contributed by atoms with van der Waals surface area (Å²) in [6.45, 7) is 2.41. The highest BCUT2D eigenvalue weighted by atomic mass is 16.6. The zero-order valence-electron chi connectivity index (χ0n) is 9.67. The number of pyridine rings is 1. The maximum atomic E-state index is 10.9. The molecule has 0 radical (unpaired) electrons. The zero-order valence-corrected chi connectivity index (χ0v) is 9.67. The van der Waals surface area contributed by atoms with Gasteiger partial charge in [-0.05, 0) is 19.9 Å². The van der Waals surface area contributed by atoms with Gasteiger partial charge >= 0.3 is 5.69 Å². The van der Waals surface area contributed by atoms with Gasteiger partial charge in [-0.2, -0.15) is 0 Å². The van der Waals surface area contributed by atoms with Gasteiger partial charge in [0.05, 0.1) is 23.7 Å². The molecule has 0 unspecified atom stereocenters. The zero-order chi connectivity index (χ0) is 13.1. The second-order valence-electron chi connectivity index (χ2n) is 4.08. The molecule has 0 saturated heterocycles. The lowest BCUT2D eigenvalue weighted by Gasteiger charge is -2.26. The molecule has 7 nitrogen and oxygen atoms in total. The monoisotopic (exact) mass is 241 g/mol. The quantitative estimate of drug-likeness (QED) is 0.510. The molecule has 0 fully saturated rings. The second-order valence-corrected chi connectivity index (χ2v) is 4.08. The van der Waals surface area contributed by atoms with E-state index in [1.165, 1.54) is 12.3 Å². The lowest BCUT2D eigenvalue weighted by Crippen LogP contribution is -2.43. The molecule has 0 aromatic carbocycles. The Balaban J connectivity index is 3.15. The van der Waals surface area contributed by atoms with E-state index in [0.29, 0.717) is 5.56 Å². The fourth-order valence-electron chi connectivity index (χ4n) is 1.29.